The molecule has 0 fully saturated rings. The summed E-state index contributed by atoms with van der Waals surface area (Å²) in [6.07, 6.45) is 8.17. The van der Waals surface area contributed by atoms with Crippen LogP contribution in [0.5, 0.6) is 0 Å². The molecule has 0 aliphatic heterocycles. The molecule has 1 heteroatoms. The molecule has 0 saturated heterocycles. The zero-order valence-corrected chi connectivity index (χ0v) is 16.6. The van der Waals surface area contributed by atoms with Crippen LogP contribution in [0.2, 0.25) is 0 Å². The van der Waals surface area contributed by atoms with Gasteiger partial charge < -0.3 is 0 Å². The summed E-state index contributed by atoms with van der Waals surface area (Å²) in [5, 5.41) is 0. The van der Waals surface area contributed by atoms with Crippen molar-refractivity contribution in [1.82, 2.24) is 0 Å². The monoisotopic (exact) mass is 386 g/mol. The molecule has 0 bridgehead atoms. The molecule has 4 aromatic rings. The van der Waals surface area contributed by atoms with Gasteiger partial charge in [0.05, 0.1) is 0 Å². The Balaban J connectivity index is 1.53. The minimum absolute atomic E-state index is 0.0277. The maximum atomic E-state index is 13.1. The average molecular weight is 386 g/mol. The Hall–Kier alpha value is -3.97. The maximum Gasteiger partial charge on any atom is 0.193 e. The lowest BCUT2D eigenvalue weighted by Crippen LogP contribution is -2.01. The molecule has 0 aromatic heterocycles. The molecule has 144 valence electrons. The third-order valence-corrected chi connectivity index (χ3v) is 4.83. The second kappa shape index (κ2) is 9.49. The molecule has 0 unspecified atom stereocenters. The van der Waals surface area contributed by atoms with E-state index < -0.39 is 0 Å². The first-order valence-electron chi connectivity index (χ1n) is 9.99. The highest BCUT2D eigenvalue weighted by Crippen LogP contribution is 2.17. The van der Waals surface area contributed by atoms with Gasteiger partial charge in [-0.1, -0.05) is 121 Å². The van der Waals surface area contributed by atoms with Crippen LogP contribution in [0.15, 0.2) is 109 Å². The van der Waals surface area contributed by atoms with Gasteiger partial charge in [-0.05, 0) is 34.4 Å². The van der Waals surface area contributed by atoms with Crippen molar-refractivity contribution in [2.45, 2.75) is 0 Å². The lowest BCUT2D eigenvalue weighted by molar-refractivity contribution is 0.103. The van der Waals surface area contributed by atoms with E-state index in [1.165, 1.54) is 0 Å². The van der Waals surface area contributed by atoms with Crippen LogP contribution in [0.4, 0.5) is 0 Å². The molecule has 4 aromatic carbocycles. The van der Waals surface area contributed by atoms with Crippen LogP contribution >= 0.6 is 0 Å². The molecule has 0 amide bonds. The lowest BCUT2D eigenvalue weighted by Gasteiger charge is -2.04. The normalized spacial score (nSPS) is 11.2. The SMILES string of the molecule is O=C(c1cccc(/C=C/c2ccccc2)c1)c1cccc(/C=C/c2ccccc2)c1. The van der Waals surface area contributed by atoms with Crippen LogP contribution in [0.3, 0.4) is 0 Å². The molecular formula is C29H22O. The minimum Gasteiger partial charge on any atom is -0.289 e. The predicted molar refractivity (Wildman–Crippen MR) is 127 cm³/mol. The highest BCUT2D eigenvalue weighted by Gasteiger charge is 2.09. The quantitative estimate of drug-likeness (QED) is 0.252. The Kier molecular flexibility index (Phi) is 6.12. The molecule has 30 heavy (non-hydrogen) atoms. The second-order valence-electron chi connectivity index (χ2n) is 7.07. The van der Waals surface area contributed by atoms with Gasteiger partial charge in [0.15, 0.2) is 5.78 Å². The van der Waals surface area contributed by atoms with Crippen LogP contribution in [-0.2, 0) is 0 Å². The van der Waals surface area contributed by atoms with Gasteiger partial charge in [0.1, 0.15) is 0 Å². The van der Waals surface area contributed by atoms with Gasteiger partial charge in [0, 0.05) is 11.1 Å². The fourth-order valence-electron chi connectivity index (χ4n) is 3.25. The van der Waals surface area contributed by atoms with Gasteiger partial charge in [0.25, 0.3) is 0 Å². The maximum absolute atomic E-state index is 13.1. The molecule has 0 radical (unpaired) electrons. The summed E-state index contributed by atoms with van der Waals surface area (Å²) in [4.78, 5) is 13.1. The van der Waals surface area contributed by atoms with E-state index in [0.29, 0.717) is 11.1 Å². The van der Waals surface area contributed by atoms with Crippen molar-refractivity contribution in [2.24, 2.45) is 0 Å². The molecule has 0 spiro atoms. The number of hydrogen-bond donors (Lipinski definition) is 0. The van der Waals surface area contributed by atoms with Crippen LogP contribution in [-0.4, -0.2) is 5.78 Å². The number of carbonyl (C=O) groups excluding carboxylic acids is 1. The van der Waals surface area contributed by atoms with Gasteiger partial charge >= 0.3 is 0 Å². The largest absolute Gasteiger partial charge is 0.289 e. The van der Waals surface area contributed by atoms with Crippen molar-refractivity contribution in [1.29, 1.82) is 0 Å². The summed E-state index contributed by atoms with van der Waals surface area (Å²) in [7, 11) is 0. The molecule has 0 atom stereocenters. The smallest absolute Gasteiger partial charge is 0.193 e. The number of carbonyl (C=O) groups is 1. The second-order valence-corrected chi connectivity index (χ2v) is 7.07. The highest BCUT2D eigenvalue weighted by atomic mass is 16.1. The average Bonchev–Trinajstić information content (AvgIpc) is 2.83. The Morgan fingerprint density at radius 1 is 0.433 bits per heavy atom. The third kappa shape index (κ3) is 5.09. The van der Waals surface area contributed by atoms with E-state index in [4.69, 9.17) is 0 Å². The summed E-state index contributed by atoms with van der Waals surface area (Å²) in [5.74, 6) is 0.0277. The first-order valence-corrected chi connectivity index (χ1v) is 9.99. The first-order chi connectivity index (χ1) is 14.8. The Morgan fingerprint density at radius 2 is 0.800 bits per heavy atom. The van der Waals surface area contributed by atoms with E-state index in [1.807, 2.05) is 97.1 Å². The molecule has 0 saturated carbocycles. The van der Waals surface area contributed by atoms with E-state index in [1.54, 1.807) is 0 Å². The highest BCUT2D eigenvalue weighted by molar-refractivity contribution is 6.09. The molecule has 1 nitrogen and oxygen atoms in total. The Bertz CT molecular complexity index is 1090. The van der Waals surface area contributed by atoms with E-state index in [9.17, 15) is 4.79 Å². The van der Waals surface area contributed by atoms with Crippen LogP contribution < -0.4 is 0 Å². The van der Waals surface area contributed by atoms with Crippen molar-refractivity contribution >= 4 is 30.1 Å². The number of rotatable bonds is 6. The van der Waals surface area contributed by atoms with Crippen LogP contribution in [0.1, 0.15) is 38.2 Å². The molecular weight excluding hydrogens is 364 g/mol. The zero-order chi connectivity index (χ0) is 20.6. The Morgan fingerprint density at radius 3 is 1.23 bits per heavy atom. The van der Waals surface area contributed by atoms with Gasteiger partial charge in [-0.3, -0.25) is 4.79 Å². The van der Waals surface area contributed by atoms with E-state index in [2.05, 4.69) is 36.4 Å². The summed E-state index contributed by atoms with van der Waals surface area (Å²) < 4.78 is 0. The number of ketones is 1. The van der Waals surface area contributed by atoms with Crippen molar-refractivity contribution in [2.75, 3.05) is 0 Å². The van der Waals surface area contributed by atoms with Gasteiger partial charge in [0.2, 0.25) is 0 Å². The third-order valence-electron chi connectivity index (χ3n) is 4.83. The van der Waals surface area contributed by atoms with Crippen molar-refractivity contribution in [3.8, 4) is 0 Å². The summed E-state index contributed by atoms with van der Waals surface area (Å²) >= 11 is 0. The zero-order valence-electron chi connectivity index (χ0n) is 16.6. The number of benzene rings is 4. The van der Waals surface area contributed by atoms with Gasteiger partial charge in [-0.25, -0.2) is 0 Å². The standard InChI is InChI=1S/C29H22O/c30-29(27-15-7-13-25(21-27)19-17-23-9-3-1-4-10-23)28-16-8-14-26(22-28)20-18-24-11-5-2-6-12-24/h1-22H/b19-17+,20-18+. The van der Waals surface area contributed by atoms with Gasteiger partial charge in [-0.15, -0.1) is 0 Å². The van der Waals surface area contributed by atoms with E-state index in [-0.39, 0.29) is 5.78 Å². The summed E-state index contributed by atoms with van der Waals surface area (Å²) in [6, 6.07) is 35.8. The van der Waals surface area contributed by atoms with E-state index >= 15 is 0 Å². The lowest BCUT2D eigenvalue weighted by atomic mass is 9.99. The van der Waals surface area contributed by atoms with Crippen LogP contribution in [0, 0.1) is 0 Å². The molecule has 0 aliphatic rings. The number of hydrogen-bond acceptors (Lipinski definition) is 1. The van der Waals surface area contributed by atoms with E-state index in [0.717, 1.165) is 22.3 Å². The fraction of sp³-hybridized carbons (Fsp3) is 0. The summed E-state index contributed by atoms with van der Waals surface area (Å²) in [5.41, 5.74) is 5.65. The fourth-order valence-corrected chi connectivity index (χ4v) is 3.25. The van der Waals surface area contributed by atoms with Crippen molar-refractivity contribution in [3.63, 3.8) is 0 Å². The molecule has 4 rings (SSSR count). The van der Waals surface area contributed by atoms with Crippen molar-refractivity contribution in [3.05, 3.63) is 143 Å². The predicted octanol–water partition coefficient (Wildman–Crippen LogP) is 7.26. The summed E-state index contributed by atoms with van der Waals surface area (Å²) in [6.45, 7) is 0. The molecule has 0 N–H and O–H groups in total. The van der Waals surface area contributed by atoms with Gasteiger partial charge in [-0.2, -0.15) is 0 Å². The minimum atomic E-state index is 0.0277. The van der Waals surface area contributed by atoms with Crippen molar-refractivity contribution < 1.29 is 4.79 Å². The van der Waals surface area contributed by atoms with Crippen LogP contribution in [0.25, 0.3) is 24.3 Å². The Labute approximate surface area is 177 Å². The topological polar surface area (TPSA) is 17.1 Å². The first kappa shape index (κ1) is 19.4. The molecule has 0 heterocycles. The molecule has 0 aliphatic carbocycles.